The van der Waals surface area contributed by atoms with Gasteiger partial charge < -0.3 is 14.4 Å². The predicted molar refractivity (Wildman–Crippen MR) is 120 cm³/mol. The molecule has 0 amide bonds. The molecule has 0 aromatic rings. The summed E-state index contributed by atoms with van der Waals surface area (Å²) in [5.41, 5.74) is 0. The molecule has 0 atom stereocenters. The van der Waals surface area contributed by atoms with E-state index in [9.17, 15) is 4.79 Å². The van der Waals surface area contributed by atoms with Gasteiger partial charge >= 0.3 is 5.97 Å². The van der Waals surface area contributed by atoms with Gasteiger partial charge in [0.05, 0.1) is 6.61 Å². The van der Waals surface area contributed by atoms with Crippen molar-refractivity contribution in [1.82, 2.24) is 4.90 Å². The second-order valence-corrected chi connectivity index (χ2v) is 7.97. The van der Waals surface area contributed by atoms with Crippen LogP contribution in [0.15, 0.2) is 12.2 Å². The summed E-state index contributed by atoms with van der Waals surface area (Å²) in [5, 5.41) is 0. The summed E-state index contributed by atoms with van der Waals surface area (Å²) in [7, 11) is 4.13. The highest BCUT2D eigenvalue weighted by molar-refractivity contribution is 5.69. The Morgan fingerprint density at radius 2 is 1.36 bits per heavy atom. The number of carbonyl (C=O) groups excluding carboxylic acids is 1. The topological polar surface area (TPSA) is 38.8 Å². The molecule has 0 aromatic heterocycles. The highest BCUT2D eigenvalue weighted by Crippen LogP contribution is 2.09. The molecule has 0 saturated heterocycles. The largest absolute Gasteiger partial charge is 0.466 e. The number of carbonyl (C=O) groups is 1. The molecule has 0 saturated carbocycles. The van der Waals surface area contributed by atoms with E-state index in [0.717, 1.165) is 38.8 Å². The van der Waals surface area contributed by atoms with Crippen molar-refractivity contribution >= 4 is 5.97 Å². The minimum absolute atomic E-state index is 0.0568. The highest BCUT2D eigenvalue weighted by atomic mass is 16.5. The van der Waals surface area contributed by atoms with Crippen LogP contribution in [0.25, 0.3) is 0 Å². The van der Waals surface area contributed by atoms with Gasteiger partial charge in [-0.1, -0.05) is 57.6 Å². The molecule has 0 heterocycles. The van der Waals surface area contributed by atoms with Gasteiger partial charge in [-0.3, -0.25) is 4.79 Å². The molecular formula is C24H47NO3. The Balaban J connectivity index is 3.21. The van der Waals surface area contributed by atoms with Crippen LogP contribution in [0.5, 0.6) is 0 Å². The van der Waals surface area contributed by atoms with E-state index in [0.29, 0.717) is 19.6 Å². The van der Waals surface area contributed by atoms with Crippen LogP contribution in [0, 0.1) is 0 Å². The van der Waals surface area contributed by atoms with E-state index in [-0.39, 0.29) is 5.97 Å². The maximum absolute atomic E-state index is 11.7. The molecule has 4 nitrogen and oxygen atoms in total. The van der Waals surface area contributed by atoms with Crippen molar-refractivity contribution in [3.05, 3.63) is 12.2 Å². The average molecular weight is 398 g/mol. The third-order valence-electron chi connectivity index (χ3n) is 4.73. The summed E-state index contributed by atoms with van der Waals surface area (Å²) >= 11 is 0. The number of allylic oxidation sites excluding steroid dienone is 2. The van der Waals surface area contributed by atoms with Crippen LogP contribution < -0.4 is 0 Å². The first-order chi connectivity index (χ1) is 13.7. The first kappa shape index (κ1) is 27.1. The normalized spacial score (nSPS) is 11.6. The SMILES string of the molecule is CCCCCC/C=C\CCCCCCCC(=O)OCCCOCCCN(C)C. The first-order valence-electron chi connectivity index (χ1n) is 11.7. The van der Waals surface area contributed by atoms with Crippen molar-refractivity contribution in [2.45, 2.75) is 96.8 Å². The third kappa shape index (κ3) is 23.2. The standard InChI is InChI=1S/C24H47NO3/c1-4-5-6-7-8-9-10-11-12-13-14-15-16-19-24(26)28-23-18-22-27-21-17-20-25(2)3/h9-10H,4-8,11-23H2,1-3H3/b10-9-. The minimum Gasteiger partial charge on any atom is -0.466 e. The van der Waals surface area contributed by atoms with Crippen LogP contribution in [-0.2, 0) is 14.3 Å². The molecule has 0 unspecified atom stereocenters. The molecule has 0 aliphatic heterocycles. The fourth-order valence-corrected chi connectivity index (χ4v) is 2.99. The molecule has 0 bridgehead atoms. The Morgan fingerprint density at radius 1 is 0.750 bits per heavy atom. The van der Waals surface area contributed by atoms with Crippen molar-refractivity contribution in [1.29, 1.82) is 0 Å². The van der Waals surface area contributed by atoms with Gasteiger partial charge in [0.1, 0.15) is 0 Å². The van der Waals surface area contributed by atoms with E-state index < -0.39 is 0 Å². The second kappa shape index (κ2) is 22.4. The molecule has 166 valence electrons. The Hall–Kier alpha value is -0.870. The second-order valence-electron chi connectivity index (χ2n) is 7.97. The van der Waals surface area contributed by atoms with Gasteiger partial charge in [-0.25, -0.2) is 0 Å². The summed E-state index contributed by atoms with van der Waals surface area (Å²) in [5.74, 6) is -0.0568. The van der Waals surface area contributed by atoms with Gasteiger partial charge in [0.2, 0.25) is 0 Å². The van der Waals surface area contributed by atoms with E-state index in [1.54, 1.807) is 0 Å². The van der Waals surface area contributed by atoms with Crippen molar-refractivity contribution in [2.75, 3.05) is 40.5 Å². The van der Waals surface area contributed by atoms with Crippen LogP contribution in [0.3, 0.4) is 0 Å². The third-order valence-corrected chi connectivity index (χ3v) is 4.73. The van der Waals surface area contributed by atoms with E-state index in [4.69, 9.17) is 9.47 Å². The van der Waals surface area contributed by atoms with Gasteiger partial charge in [-0.15, -0.1) is 0 Å². The maximum atomic E-state index is 11.7. The van der Waals surface area contributed by atoms with Gasteiger partial charge in [0.25, 0.3) is 0 Å². The van der Waals surface area contributed by atoms with Crippen LogP contribution in [0.2, 0.25) is 0 Å². The lowest BCUT2D eigenvalue weighted by atomic mass is 10.1. The average Bonchev–Trinajstić information content (AvgIpc) is 2.67. The Labute approximate surface area is 175 Å². The monoisotopic (exact) mass is 397 g/mol. The fourth-order valence-electron chi connectivity index (χ4n) is 2.99. The lowest BCUT2D eigenvalue weighted by molar-refractivity contribution is -0.144. The fraction of sp³-hybridized carbons (Fsp3) is 0.875. The van der Waals surface area contributed by atoms with Crippen LogP contribution in [0.1, 0.15) is 96.8 Å². The number of hydrogen-bond acceptors (Lipinski definition) is 4. The Bertz CT molecular complexity index is 356. The molecule has 0 N–H and O–H groups in total. The quantitative estimate of drug-likeness (QED) is 0.132. The molecular weight excluding hydrogens is 350 g/mol. The zero-order valence-corrected chi connectivity index (χ0v) is 19.1. The number of nitrogens with zero attached hydrogens (tertiary/aromatic N) is 1. The van der Waals surface area contributed by atoms with Crippen LogP contribution >= 0.6 is 0 Å². The maximum Gasteiger partial charge on any atom is 0.305 e. The number of unbranched alkanes of at least 4 members (excludes halogenated alkanes) is 9. The summed E-state index contributed by atoms with van der Waals surface area (Å²) in [6.07, 6.45) is 20.7. The predicted octanol–water partition coefficient (Wildman–Crippen LogP) is 6.15. The molecule has 0 fully saturated rings. The summed E-state index contributed by atoms with van der Waals surface area (Å²) in [6.45, 7) is 5.24. The summed E-state index contributed by atoms with van der Waals surface area (Å²) in [6, 6.07) is 0. The number of hydrogen-bond donors (Lipinski definition) is 0. The van der Waals surface area contributed by atoms with Crippen LogP contribution in [-0.4, -0.2) is 51.3 Å². The van der Waals surface area contributed by atoms with E-state index >= 15 is 0 Å². The van der Waals surface area contributed by atoms with Crippen LogP contribution in [0.4, 0.5) is 0 Å². The van der Waals surface area contributed by atoms with Gasteiger partial charge in [0, 0.05) is 26.1 Å². The lowest BCUT2D eigenvalue weighted by Gasteiger charge is -2.09. The van der Waals surface area contributed by atoms with E-state index in [1.807, 2.05) is 0 Å². The van der Waals surface area contributed by atoms with Crippen molar-refractivity contribution < 1.29 is 14.3 Å². The van der Waals surface area contributed by atoms with Gasteiger partial charge in [-0.2, -0.15) is 0 Å². The molecule has 0 aromatic carbocycles. The highest BCUT2D eigenvalue weighted by Gasteiger charge is 2.02. The number of rotatable bonds is 21. The molecule has 0 spiro atoms. The molecule has 0 rings (SSSR count). The molecule has 0 aliphatic carbocycles. The first-order valence-corrected chi connectivity index (χ1v) is 11.7. The smallest absolute Gasteiger partial charge is 0.305 e. The Morgan fingerprint density at radius 3 is 2.04 bits per heavy atom. The van der Waals surface area contributed by atoms with E-state index in [2.05, 4.69) is 38.1 Å². The number of ether oxygens (including phenoxy) is 2. The summed E-state index contributed by atoms with van der Waals surface area (Å²) < 4.78 is 10.8. The molecule has 0 radical (unpaired) electrons. The number of esters is 1. The molecule has 0 aliphatic rings. The Kier molecular flexibility index (Phi) is 21.7. The van der Waals surface area contributed by atoms with Gasteiger partial charge in [0.15, 0.2) is 0 Å². The van der Waals surface area contributed by atoms with Crippen molar-refractivity contribution in [3.8, 4) is 0 Å². The summed E-state index contributed by atoms with van der Waals surface area (Å²) in [4.78, 5) is 13.8. The zero-order chi connectivity index (χ0) is 20.7. The molecule has 28 heavy (non-hydrogen) atoms. The zero-order valence-electron chi connectivity index (χ0n) is 19.1. The van der Waals surface area contributed by atoms with E-state index in [1.165, 1.54) is 57.8 Å². The molecule has 4 heteroatoms. The van der Waals surface area contributed by atoms with Crippen molar-refractivity contribution in [2.24, 2.45) is 0 Å². The van der Waals surface area contributed by atoms with Gasteiger partial charge in [-0.05, 0) is 59.2 Å². The minimum atomic E-state index is -0.0568. The lowest BCUT2D eigenvalue weighted by Crippen LogP contribution is -2.15. The van der Waals surface area contributed by atoms with Crippen molar-refractivity contribution in [3.63, 3.8) is 0 Å².